The molecule has 0 amide bonds. The van der Waals surface area contributed by atoms with Gasteiger partial charge in [0.15, 0.2) is 0 Å². The summed E-state index contributed by atoms with van der Waals surface area (Å²) in [4.78, 5) is 1.21. The Morgan fingerprint density at radius 3 is 2.61 bits per heavy atom. The average Bonchev–Trinajstić information content (AvgIpc) is 2.59. The maximum absolute atomic E-state index is 5.67. The summed E-state index contributed by atoms with van der Waals surface area (Å²) < 4.78 is 3.03. The lowest BCUT2D eigenvalue weighted by Gasteiger charge is -2.05. The molecule has 0 unspecified atom stereocenters. The van der Waals surface area contributed by atoms with E-state index in [4.69, 9.17) is 5.73 Å². The average molecular weight is 326 g/mol. The zero-order valence-electron chi connectivity index (χ0n) is 10.5. The fourth-order valence-corrected chi connectivity index (χ4v) is 3.16. The maximum Gasteiger partial charge on any atom is 0.102 e. The lowest BCUT2D eigenvalue weighted by Crippen LogP contribution is -2.04. The van der Waals surface area contributed by atoms with Crippen molar-refractivity contribution in [3.8, 4) is 0 Å². The molecule has 2 N–H and O–H groups in total. The van der Waals surface area contributed by atoms with E-state index in [2.05, 4.69) is 33.2 Å². The Hall–Kier alpha value is -0.780. The topological polar surface area (TPSA) is 43.8 Å². The standard InChI is InChI=1S/C13H16BrN3S/c1-9-12(7-8-15)13(17(2)16-9)18-11-5-3-10(14)4-6-11/h3-6H,7-8,15H2,1-2H3. The number of rotatable bonds is 4. The van der Waals surface area contributed by atoms with E-state index in [1.807, 2.05) is 30.8 Å². The molecule has 2 rings (SSSR count). The largest absolute Gasteiger partial charge is 0.330 e. The van der Waals surface area contributed by atoms with Crippen molar-refractivity contribution in [1.29, 1.82) is 0 Å². The van der Waals surface area contributed by atoms with Crippen LogP contribution in [0.1, 0.15) is 11.3 Å². The third-order valence-electron chi connectivity index (χ3n) is 2.71. The van der Waals surface area contributed by atoms with Gasteiger partial charge >= 0.3 is 0 Å². The molecule has 0 spiro atoms. The van der Waals surface area contributed by atoms with E-state index in [1.165, 1.54) is 15.5 Å². The fraction of sp³-hybridized carbons (Fsp3) is 0.308. The lowest BCUT2D eigenvalue weighted by molar-refractivity contribution is 0.688. The highest BCUT2D eigenvalue weighted by Crippen LogP contribution is 2.32. The van der Waals surface area contributed by atoms with Crippen LogP contribution in [0, 0.1) is 6.92 Å². The first-order valence-corrected chi connectivity index (χ1v) is 7.38. The molecule has 0 fully saturated rings. The highest BCUT2D eigenvalue weighted by molar-refractivity contribution is 9.10. The first-order chi connectivity index (χ1) is 8.61. The van der Waals surface area contributed by atoms with Crippen LogP contribution < -0.4 is 5.73 Å². The van der Waals surface area contributed by atoms with Crippen molar-refractivity contribution in [2.45, 2.75) is 23.3 Å². The Kier molecular flexibility index (Phi) is 4.48. The molecule has 1 aromatic heterocycles. The van der Waals surface area contributed by atoms with Gasteiger partial charge in [0, 0.05) is 22.0 Å². The van der Waals surface area contributed by atoms with Gasteiger partial charge in [-0.1, -0.05) is 27.7 Å². The van der Waals surface area contributed by atoms with E-state index in [-0.39, 0.29) is 0 Å². The summed E-state index contributed by atoms with van der Waals surface area (Å²) in [5.41, 5.74) is 8.00. The van der Waals surface area contributed by atoms with E-state index >= 15 is 0 Å². The SMILES string of the molecule is Cc1nn(C)c(Sc2ccc(Br)cc2)c1CCN. The van der Waals surface area contributed by atoms with Crippen LogP contribution in [0.2, 0.25) is 0 Å². The summed E-state index contributed by atoms with van der Waals surface area (Å²) in [5, 5.41) is 5.66. The molecule has 96 valence electrons. The summed E-state index contributed by atoms with van der Waals surface area (Å²) in [7, 11) is 1.98. The second kappa shape index (κ2) is 5.91. The monoisotopic (exact) mass is 325 g/mol. The van der Waals surface area contributed by atoms with Crippen molar-refractivity contribution in [3.63, 3.8) is 0 Å². The molecular formula is C13H16BrN3S. The van der Waals surface area contributed by atoms with Gasteiger partial charge in [0.2, 0.25) is 0 Å². The third-order valence-corrected chi connectivity index (χ3v) is 4.45. The number of hydrogen-bond acceptors (Lipinski definition) is 3. The van der Waals surface area contributed by atoms with Crippen LogP contribution in [0.3, 0.4) is 0 Å². The molecule has 0 saturated carbocycles. The molecule has 0 aliphatic heterocycles. The third kappa shape index (κ3) is 2.96. The Balaban J connectivity index is 2.30. The number of halogens is 1. The molecule has 1 heterocycles. The molecule has 0 atom stereocenters. The lowest BCUT2D eigenvalue weighted by atomic mass is 10.2. The van der Waals surface area contributed by atoms with E-state index in [9.17, 15) is 0 Å². The highest BCUT2D eigenvalue weighted by atomic mass is 79.9. The van der Waals surface area contributed by atoms with Gasteiger partial charge in [-0.15, -0.1) is 0 Å². The van der Waals surface area contributed by atoms with Crippen LogP contribution in [0.4, 0.5) is 0 Å². The predicted molar refractivity (Wildman–Crippen MR) is 79.0 cm³/mol. The molecule has 0 bridgehead atoms. The van der Waals surface area contributed by atoms with Crippen molar-refractivity contribution >= 4 is 27.7 Å². The number of hydrogen-bond donors (Lipinski definition) is 1. The minimum atomic E-state index is 0.653. The van der Waals surface area contributed by atoms with Gasteiger partial charge < -0.3 is 5.73 Å². The van der Waals surface area contributed by atoms with Gasteiger partial charge in [-0.05, 0) is 44.2 Å². The molecule has 3 nitrogen and oxygen atoms in total. The Morgan fingerprint density at radius 1 is 1.33 bits per heavy atom. The van der Waals surface area contributed by atoms with Gasteiger partial charge in [0.05, 0.1) is 5.69 Å². The van der Waals surface area contributed by atoms with E-state index in [0.29, 0.717) is 6.54 Å². The molecule has 0 aliphatic rings. The second-order valence-electron chi connectivity index (χ2n) is 4.09. The smallest absolute Gasteiger partial charge is 0.102 e. The normalized spacial score (nSPS) is 10.9. The first-order valence-electron chi connectivity index (χ1n) is 5.77. The van der Waals surface area contributed by atoms with Crippen LogP contribution in [-0.4, -0.2) is 16.3 Å². The van der Waals surface area contributed by atoms with Gasteiger partial charge in [-0.2, -0.15) is 5.10 Å². The van der Waals surface area contributed by atoms with Crippen molar-refractivity contribution in [2.24, 2.45) is 12.8 Å². The predicted octanol–water partition coefficient (Wildman–Crippen LogP) is 3.14. The van der Waals surface area contributed by atoms with Crippen LogP contribution in [0.15, 0.2) is 38.7 Å². The van der Waals surface area contributed by atoms with Gasteiger partial charge in [0.1, 0.15) is 5.03 Å². The zero-order valence-corrected chi connectivity index (χ0v) is 12.9. The number of benzene rings is 1. The van der Waals surface area contributed by atoms with Crippen LogP contribution in [0.25, 0.3) is 0 Å². The molecule has 2 aromatic rings. The molecule has 5 heteroatoms. The maximum atomic E-state index is 5.67. The molecule has 0 saturated heterocycles. The molecule has 18 heavy (non-hydrogen) atoms. The van der Waals surface area contributed by atoms with Crippen LogP contribution in [0.5, 0.6) is 0 Å². The van der Waals surface area contributed by atoms with Crippen LogP contribution in [-0.2, 0) is 13.5 Å². The molecular weight excluding hydrogens is 310 g/mol. The number of aromatic nitrogens is 2. The van der Waals surface area contributed by atoms with Crippen molar-refractivity contribution in [2.75, 3.05) is 6.54 Å². The van der Waals surface area contributed by atoms with Gasteiger partial charge in [0.25, 0.3) is 0 Å². The number of nitrogens with zero attached hydrogens (tertiary/aromatic N) is 2. The second-order valence-corrected chi connectivity index (χ2v) is 6.07. The molecule has 1 aromatic carbocycles. The van der Waals surface area contributed by atoms with Gasteiger partial charge in [-0.3, -0.25) is 4.68 Å². The molecule has 0 aliphatic carbocycles. The summed E-state index contributed by atoms with van der Waals surface area (Å²) in [5.74, 6) is 0. The zero-order chi connectivity index (χ0) is 13.1. The van der Waals surface area contributed by atoms with E-state index in [0.717, 1.165) is 16.6 Å². The highest BCUT2D eigenvalue weighted by Gasteiger charge is 2.13. The summed E-state index contributed by atoms with van der Waals surface area (Å²) in [6.07, 6.45) is 0.874. The van der Waals surface area contributed by atoms with Crippen molar-refractivity contribution in [1.82, 2.24) is 9.78 Å². The quantitative estimate of drug-likeness (QED) is 0.939. The minimum Gasteiger partial charge on any atom is -0.330 e. The van der Waals surface area contributed by atoms with Crippen molar-refractivity contribution < 1.29 is 0 Å². The number of nitrogens with two attached hydrogens (primary N) is 1. The summed E-state index contributed by atoms with van der Waals surface area (Å²) in [6, 6.07) is 8.30. The summed E-state index contributed by atoms with van der Waals surface area (Å²) in [6.45, 7) is 2.69. The Morgan fingerprint density at radius 2 is 2.00 bits per heavy atom. The number of aryl methyl sites for hydroxylation is 2. The minimum absolute atomic E-state index is 0.653. The van der Waals surface area contributed by atoms with Crippen LogP contribution >= 0.6 is 27.7 Å². The fourth-order valence-electron chi connectivity index (χ4n) is 1.85. The van der Waals surface area contributed by atoms with E-state index < -0.39 is 0 Å². The first kappa shape index (κ1) is 13.6. The summed E-state index contributed by atoms with van der Waals surface area (Å²) >= 11 is 5.18. The van der Waals surface area contributed by atoms with E-state index in [1.54, 1.807) is 11.8 Å². The Bertz CT molecular complexity index is 534. The van der Waals surface area contributed by atoms with Crippen molar-refractivity contribution in [3.05, 3.63) is 40.0 Å². The molecule has 0 radical (unpaired) electrons. The van der Waals surface area contributed by atoms with Gasteiger partial charge in [-0.25, -0.2) is 0 Å². The Labute approximate surface area is 120 Å².